The molecule has 20 heavy (non-hydrogen) atoms. The summed E-state index contributed by atoms with van der Waals surface area (Å²) in [6, 6.07) is 10.3. The second-order valence-electron chi connectivity index (χ2n) is 4.24. The molecule has 1 aromatic carbocycles. The van der Waals surface area contributed by atoms with Crippen LogP contribution < -0.4 is 10.1 Å². The van der Waals surface area contributed by atoms with Crippen LogP contribution in [0.2, 0.25) is 0 Å². The van der Waals surface area contributed by atoms with Gasteiger partial charge in [0.2, 0.25) is 5.82 Å². The number of aromatic nitrogens is 1. The molecule has 1 unspecified atom stereocenters. The van der Waals surface area contributed by atoms with Gasteiger partial charge in [0.15, 0.2) is 0 Å². The van der Waals surface area contributed by atoms with E-state index < -0.39 is 4.92 Å². The first-order valence-corrected chi connectivity index (χ1v) is 6.12. The van der Waals surface area contributed by atoms with Crippen molar-refractivity contribution in [2.24, 2.45) is 0 Å². The molecular weight excluding hydrogens is 258 g/mol. The fraction of sp³-hybridized carbons (Fsp3) is 0.214. The Kier molecular flexibility index (Phi) is 4.14. The number of rotatable bonds is 5. The summed E-state index contributed by atoms with van der Waals surface area (Å²) in [5, 5.41) is 14.0. The highest BCUT2D eigenvalue weighted by molar-refractivity contribution is 5.56. The molecule has 0 saturated heterocycles. The lowest BCUT2D eigenvalue weighted by Gasteiger charge is -2.17. The van der Waals surface area contributed by atoms with Crippen molar-refractivity contribution in [3.05, 3.63) is 58.3 Å². The minimum atomic E-state index is -0.454. The van der Waals surface area contributed by atoms with Gasteiger partial charge in [0.05, 0.1) is 18.1 Å². The molecule has 1 N–H and O–H groups in total. The molecule has 0 spiro atoms. The number of pyridine rings is 1. The number of ether oxygens (including phenoxy) is 1. The van der Waals surface area contributed by atoms with Crippen LogP contribution in [-0.2, 0) is 0 Å². The number of methoxy groups -OCH3 is 1. The molecule has 1 heterocycles. The maximum Gasteiger partial charge on any atom is 0.311 e. The molecule has 6 nitrogen and oxygen atoms in total. The van der Waals surface area contributed by atoms with Gasteiger partial charge < -0.3 is 10.1 Å². The summed E-state index contributed by atoms with van der Waals surface area (Å²) in [5.41, 5.74) is 0.865. The molecule has 2 rings (SSSR count). The summed E-state index contributed by atoms with van der Waals surface area (Å²) in [6.07, 6.45) is 1.52. The third-order valence-electron chi connectivity index (χ3n) is 2.94. The van der Waals surface area contributed by atoms with E-state index in [0.717, 1.165) is 11.3 Å². The van der Waals surface area contributed by atoms with E-state index in [1.807, 2.05) is 31.2 Å². The van der Waals surface area contributed by atoms with E-state index in [1.165, 1.54) is 18.3 Å². The van der Waals surface area contributed by atoms with Crippen molar-refractivity contribution in [3.8, 4) is 5.75 Å². The average molecular weight is 273 g/mol. The first kappa shape index (κ1) is 13.8. The van der Waals surface area contributed by atoms with Gasteiger partial charge in [-0.05, 0) is 19.1 Å². The molecule has 0 saturated carbocycles. The molecule has 6 heteroatoms. The number of hydrogen-bond acceptors (Lipinski definition) is 5. The lowest BCUT2D eigenvalue weighted by atomic mass is 10.1. The predicted octanol–water partition coefficient (Wildman–Crippen LogP) is 3.17. The standard InChI is InChI=1S/C14H15N3O3/c1-10(11-6-3-4-8-13(11)20-2)16-14-12(17(18)19)7-5-9-15-14/h3-10H,1-2H3,(H,15,16). The fourth-order valence-corrected chi connectivity index (χ4v) is 1.96. The first-order valence-electron chi connectivity index (χ1n) is 6.12. The van der Waals surface area contributed by atoms with Crippen molar-refractivity contribution in [3.63, 3.8) is 0 Å². The normalized spacial score (nSPS) is 11.7. The van der Waals surface area contributed by atoms with Gasteiger partial charge in [-0.2, -0.15) is 0 Å². The van der Waals surface area contributed by atoms with E-state index in [0.29, 0.717) is 0 Å². The van der Waals surface area contributed by atoms with Gasteiger partial charge in [-0.15, -0.1) is 0 Å². The van der Waals surface area contributed by atoms with Crippen LogP contribution in [0.3, 0.4) is 0 Å². The molecule has 0 radical (unpaired) electrons. The summed E-state index contributed by atoms with van der Waals surface area (Å²) in [6.45, 7) is 1.90. The average Bonchev–Trinajstić information content (AvgIpc) is 2.47. The lowest BCUT2D eigenvalue weighted by Crippen LogP contribution is -2.10. The van der Waals surface area contributed by atoms with Crippen LogP contribution in [0.1, 0.15) is 18.5 Å². The van der Waals surface area contributed by atoms with E-state index in [9.17, 15) is 10.1 Å². The van der Waals surface area contributed by atoms with E-state index in [1.54, 1.807) is 7.11 Å². The zero-order chi connectivity index (χ0) is 14.5. The molecule has 0 aliphatic carbocycles. The minimum Gasteiger partial charge on any atom is -0.496 e. The monoisotopic (exact) mass is 273 g/mol. The number of nitrogens with one attached hydrogen (secondary N) is 1. The van der Waals surface area contributed by atoms with Crippen molar-refractivity contribution in [1.29, 1.82) is 0 Å². The Labute approximate surface area is 116 Å². The van der Waals surface area contributed by atoms with Crippen LogP contribution >= 0.6 is 0 Å². The highest BCUT2D eigenvalue weighted by Gasteiger charge is 2.18. The predicted molar refractivity (Wildman–Crippen MR) is 75.9 cm³/mol. The van der Waals surface area contributed by atoms with Crippen LogP contribution in [-0.4, -0.2) is 17.0 Å². The third-order valence-corrected chi connectivity index (χ3v) is 2.94. The Morgan fingerprint density at radius 3 is 2.75 bits per heavy atom. The number of anilines is 1. The van der Waals surface area contributed by atoms with Gasteiger partial charge in [0, 0.05) is 17.8 Å². The van der Waals surface area contributed by atoms with Gasteiger partial charge in [-0.1, -0.05) is 18.2 Å². The minimum absolute atomic E-state index is 0.0470. The van der Waals surface area contributed by atoms with Gasteiger partial charge in [0.1, 0.15) is 5.75 Å². The molecule has 0 aliphatic heterocycles. The molecule has 104 valence electrons. The van der Waals surface area contributed by atoms with E-state index in [-0.39, 0.29) is 17.5 Å². The van der Waals surface area contributed by atoms with Crippen molar-refractivity contribution in [2.45, 2.75) is 13.0 Å². The molecule has 0 amide bonds. The quantitative estimate of drug-likeness (QED) is 0.668. The third kappa shape index (κ3) is 2.85. The zero-order valence-electron chi connectivity index (χ0n) is 11.2. The van der Waals surface area contributed by atoms with Crippen molar-refractivity contribution < 1.29 is 9.66 Å². The van der Waals surface area contributed by atoms with Gasteiger partial charge in [0.25, 0.3) is 0 Å². The Morgan fingerprint density at radius 1 is 1.30 bits per heavy atom. The highest BCUT2D eigenvalue weighted by Crippen LogP contribution is 2.29. The largest absolute Gasteiger partial charge is 0.496 e. The van der Waals surface area contributed by atoms with Crippen LogP contribution in [0.25, 0.3) is 0 Å². The zero-order valence-corrected chi connectivity index (χ0v) is 11.2. The SMILES string of the molecule is COc1ccccc1C(C)Nc1ncccc1[N+](=O)[O-]. The Hall–Kier alpha value is -2.63. The van der Waals surface area contributed by atoms with Crippen molar-refractivity contribution in [2.75, 3.05) is 12.4 Å². The number of nitrogens with zero attached hydrogens (tertiary/aromatic N) is 2. The van der Waals surface area contributed by atoms with E-state index >= 15 is 0 Å². The van der Waals surface area contributed by atoms with Crippen molar-refractivity contribution >= 4 is 11.5 Å². The van der Waals surface area contributed by atoms with Gasteiger partial charge >= 0.3 is 5.69 Å². The Morgan fingerprint density at radius 2 is 2.05 bits per heavy atom. The summed E-state index contributed by atoms with van der Waals surface area (Å²) < 4.78 is 5.29. The molecule has 0 bridgehead atoms. The lowest BCUT2D eigenvalue weighted by molar-refractivity contribution is -0.384. The fourth-order valence-electron chi connectivity index (χ4n) is 1.96. The van der Waals surface area contributed by atoms with Crippen LogP contribution in [0.4, 0.5) is 11.5 Å². The summed E-state index contributed by atoms with van der Waals surface area (Å²) in [5.74, 6) is 0.974. The van der Waals surface area contributed by atoms with Gasteiger partial charge in [-0.3, -0.25) is 10.1 Å². The smallest absolute Gasteiger partial charge is 0.311 e. The number of hydrogen-bond donors (Lipinski definition) is 1. The van der Waals surface area contributed by atoms with Crippen LogP contribution in [0.5, 0.6) is 5.75 Å². The van der Waals surface area contributed by atoms with Crippen LogP contribution in [0.15, 0.2) is 42.6 Å². The molecule has 1 aromatic heterocycles. The number of benzene rings is 1. The topological polar surface area (TPSA) is 77.3 Å². The Bertz CT molecular complexity index is 616. The van der Waals surface area contributed by atoms with Crippen molar-refractivity contribution in [1.82, 2.24) is 4.98 Å². The van der Waals surface area contributed by atoms with E-state index in [4.69, 9.17) is 4.74 Å². The molecule has 0 fully saturated rings. The summed E-state index contributed by atoms with van der Waals surface area (Å²) >= 11 is 0. The van der Waals surface area contributed by atoms with Gasteiger partial charge in [-0.25, -0.2) is 4.98 Å². The second-order valence-corrected chi connectivity index (χ2v) is 4.24. The Balaban J connectivity index is 2.28. The summed E-state index contributed by atoms with van der Waals surface area (Å²) in [4.78, 5) is 14.5. The maximum absolute atomic E-state index is 11.0. The number of para-hydroxylation sites is 1. The number of nitro groups is 1. The highest BCUT2D eigenvalue weighted by atomic mass is 16.6. The van der Waals surface area contributed by atoms with E-state index in [2.05, 4.69) is 10.3 Å². The maximum atomic E-state index is 11.0. The summed E-state index contributed by atoms with van der Waals surface area (Å²) in [7, 11) is 1.59. The molecule has 2 aromatic rings. The molecule has 0 aliphatic rings. The van der Waals surface area contributed by atoms with Crippen LogP contribution in [0, 0.1) is 10.1 Å². The molecule has 1 atom stereocenters. The molecular formula is C14H15N3O3. The second kappa shape index (κ2) is 6.01. The first-order chi connectivity index (χ1) is 9.63.